The molecule has 1 aromatic heterocycles. The van der Waals surface area contributed by atoms with Crippen LogP contribution in [0.2, 0.25) is 0 Å². The largest absolute Gasteiger partial charge is 0.379 e. The van der Waals surface area contributed by atoms with Crippen LogP contribution in [0.1, 0.15) is 12.6 Å². The highest BCUT2D eigenvalue weighted by Gasteiger charge is 2.44. The lowest BCUT2D eigenvalue weighted by atomic mass is 9.85. The van der Waals surface area contributed by atoms with Crippen LogP contribution in [0, 0.1) is 12.3 Å². The molecule has 1 aliphatic rings. The Kier molecular flexibility index (Phi) is 3.13. The maximum Gasteiger partial charge on any atom is 0.234 e. The first-order valence-corrected chi connectivity index (χ1v) is 5.60. The highest BCUT2D eigenvalue weighted by Crippen LogP contribution is 2.28. The molecule has 0 aliphatic carbocycles. The molecule has 0 spiro atoms. The molecule has 92 valence electrons. The van der Waals surface area contributed by atoms with Gasteiger partial charge in [-0.15, -0.1) is 0 Å². The van der Waals surface area contributed by atoms with E-state index in [-0.39, 0.29) is 11.9 Å². The van der Waals surface area contributed by atoms with Gasteiger partial charge in [-0.3, -0.25) is 9.78 Å². The Labute approximate surface area is 100 Å². The molecule has 1 fully saturated rings. The summed E-state index contributed by atoms with van der Waals surface area (Å²) in [7, 11) is 0. The lowest BCUT2D eigenvalue weighted by Crippen LogP contribution is -2.47. The molecular weight excluding hydrogens is 218 g/mol. The molecule has 17 heavy (non-hydrogen) atoms. The third-order valence-corrected chi connectivity index (χ3v) is 3.19. The SMILES string of the molecule is Cc1cc(NC(=O)C2(C)COCC2N)ccn1. The van der Waals surface area contributed by atoms with Gasteiger partial charge in [0, 0.05) is 23.6 Å². The van der Waals surface area contributed by atoms with Gasteiger partial charge in [-0.25, -0.2) is 0 Å². The summed E-state index contributed by atoms with van der Waals surface area (Å²) in [4.78, 5) is 16.2. The first-order valence-electron chi connectivity index (χ1n) is 5.60. The van der Waals surface area contributed by atoms with Crippen molar-refractivity contribution in [2.24, 2.45) is 11.1 Å². The average molecular weight is 235 g/mol. The van der Waals surface area contributed by atoms with Crippen molar-refractivity contribution in [1.82, 2.24) is 4.98 Å². The van der Waals surface area contributed by atoms with E-state index in [0.717, 1.165) is 11.4 Å². The molecule has 0 saturated carbocycles. The molecule has 1 saturated heterocycles. The number of carbonyl (C=O) groups excluding carboxylic acids is 1. The van der Waals surface area contributed by atoms with Crippen molar-refractivity contribution in [1.29, 1.82) is 0 Å². The summed E-state index contributed by atoms with van der Waals surface area (Å²) in [6.07, 6.45) is 1.67. The Balaban J connectivity index is 2.12. The van der Waals surface area contributed by atoms with Crippen LogP contribution >= 0.6 is 0 Å². The Hall–Kier alpha value is -1.46. The van der Waals surface area contributed by atoms with E-state index >= 15 is 0 Å². The lowest BCUT2D eigenvalue weighted by Gasteiger charge is -2.25. The summed E-state index contributed by atoms with van der Waals surface area (Å²) in [5.41, 5.74) is 6.84. The van der Waals surface area contributed by atoms with Crippen LogP contribution in [0.25, 0.3) is 0 Å². The van der Waals surface area contributed by atoms with Gasteiger partial charge in [0.15, 0.2) is 0 Å². The quantitative estimate of drug-likeness (QED) is 0.790. The van der Waals surface area contributed by atoms with Gasteiger partial charge in [-0.05, 0) is 26.0 Å². The molecule has 0 radical (unpaired) electrons. The van der Waals surface area contributed by atoms with E-state index in [9.17, 15) is 4.79 Å². The second-order valence-corrected chi connectivity index (χ2v) is 4.68. The molecule has 2 heterocycles. The summed E-state index contributed by atoms with van der Waals surface area (Å²) in [6.45, 7) is 4.50. The normalized spacial score (nSPS) is 28.1. The number of hydrogen-bond donors (Lipinski definition) is 2. The average Bonchev–Trinajstić information content (AvgIpc) is 2.60. The van der Waals surface area contributed by atoms with Crippen molar-refractivity contribution in [2.75, 3.05) is 18.5 Å². The predicted molar refractivity (Wildman–Crippen MR) is 64.5 cm³/mol. The van der Waals surface area contributed by atoms with Gasteiger partial charge in [0.1, 0.15) is 0 Å². The highest BCUT2D eigenvalue weighted by molar-refractivity contribution is 5.96. The number of anilines is 1. The number of amides is 1. The van der Waals surface area contributed by atoms with Gasteiger partial charge in [-0.1, -0.05) is 0 Å². The van der Waals surface area contributed by atoms with Gasteiger partial charge in [0.2, 0.25) is 5.91 Å². The molecule has 2 unspecified atom stereocenters. The van der Waals surface area contributed by atoms with Crippen molar-refractivity contribution < 1.29 is 9.53 Å². The smallest absolute Gasteiger partial charge is 0.234 e. The summed E-state index contributed by atoms with van der Waals surface area (Å²) >= 11 is 0. The number of carbonyl (C=O) groups is 1. The Morgan fingerprint density at radius 1 is 1.71 bits per heavy atom. The monoisotopic (exact) mass is 235 g/mol. The van der Waals surface area contributed by atoms with Gasteiger partial charge >= 0.3 is 0 Å². The zero-order valence-corrected chi connectivity index (χ0v) is 10.1. The number of aromatic nitrogens is 1. The van der Waals surface area contributed by atoms with Gasteiger partial charge in [-0.2, -0.15) is 0 Å². The van der Waals surface area contributed by atoms with Crippen LogP contribution in [-0.4, -0.2) is 30.1 Å². The van der Waals surface area contributed by atoms with Crippen molar-refractivity contribution in [3.8, 4) is 0 Å². The number of nitrogens with zero attached hydrogens (tertiary/aromatic N) is 1. The van der Waals surface area contributed by atoms with Gasteiger partial charge in [0.05, 0.1) is 18.6 Å². The van der Waals surface area contributed by atoms with Crippen LogP contribution in [-0.2, 0) is 9.53 Å². The second-order valence-electron chi connectivity index (χ2n) is 4.68. The number of nitrogens with one attached hydrogen (secondary N) is 1. The van der Waals surface area contributed by atoms with Crippen LogP contribution in [0.15, 0.2) is 18.3 Å². The van der Waals surface area contributed by atoms with E-state index in [1.54, 1.807) is 12.3 Å². The molecule has 2 atom stereocenters. The lowest BCUT2D eigenvalue weighted by molar-refractivity contribution is -0.125. The summed E-state index contributed by atoms with van der Waals surface area (Å²) < 4.78 is 5.26. The second kappa shape index (κ2) is 4.43. The van der Waals surface area contributed by atoms with Crippen molar-refractivity contribution >= 4 is 11.6 Å². The van der Waals surface area contributed by atoms with Crippen molar-refractivity contribution in [3.63, 3.8) is 0 Å². The first-order chi connectivity index (χ1) is 8.02. The third kappa shape index (κ3) is 2.30. The van der Waals surface area contributed by atoms with Crippen LogP contribution < -0.4 is 11.1 Å². The van der Waals surface area contributed by atoms with E-state index < -0.39 is 5.41 Å². The number of nitrogens with two attached hydrogens (primary N) is 1. The van der Waals surface area contributed by atoms with Crippen LogP contribution in [0.3, 0.4) is 0 Å². The topological polar surface area (TPSA) is 77.2 Å². The van der Waals surface area contributed by atoms with E-state index in [0.29, 0.717) is 13.2 Å². The molecule has 1 amide bonds. The molecule has 1 aromatic rings. The first kappa shape index (κ1) is 12.0. The fourth-order valence-corrected chi connectivity index (χ4v) is 1.82. The maximum atomic E-state index is 12.2. The van der Waals surface area contributed by atoms with E-state index in [1.165, 1.54) is 0 Å². The van der Waals surface area contributed by atoms with Crippen molar-refractivity contribution in [3.05, 3.63) is 24.0 Å². The predicted octanol–water partition coefficient (Wildman–Crippen LogP) is 0.692. The number of hydrogen-bond acceptors (Lipinski definition) is 4. The minimum atomic E-state index is -0.656. The van der Waals surface area contributed by atoms with E-state index in [2.05, 4.69) is 10.3 Å². The van der Waals surface area contributed by atoms with Gasteiger partial charge < -0.3 is 15.8 Å². The van der Waals surface area contributed by atoms with Crippen LogP contribution in [0.4, 0.5) is 5.69 Å². The molecule has 0 aromatic carbocycles. The molecule has 5 heteroatoms. The maximum absolute atomic E-state index is 12.2. The standard InChI is InChI=1S/C12H17N3O2/c1-8-5-9(3-4-14-8)15-11(16)12(2)7-17-6-10(12)13/h3-5,10H,6-7,13H2,1-2H3,(H,14,15,16). The van der Waals surface area contributed by atoms with Crippen molar-refractivity contribution in [2.45, 2.75) is 19.9 Å². The van der Waals surface area contributed by atoms with Crippen LogP contribution in [0.5, 0.6) is 0 Å². The summed E-state index contributed by atoms with van der Waals surface area (Å²) in [5.74, 6) is -0.104. The highest BCUT2D eigenvalue weighted by atomic mass is 16.5. The number of pyridine rings is 1. The Bertz CT molecular complexity index is 436. The number of rotatable bonds is 2. The number of aryl methyl sites for hydroxylation is 1. The molecular formula is C12H17N3O2. The van der Waals surface area contributed by atoms with E-state index in [1.807, 2.05) is 19.9 Å². The Morgan fingerprint density at radius 3 is 3.06 bits per heavy atom. The molecule has 1 aliphatic heterocycles. The fraction of sp³-hybridized carbons (Fsp3) is 0.500. The number of ether oxygens (including phenoxy) is 1. The van der Waals surface area contributed by atoms with E-state index in [4.69, 9.17) is 10.5 Å². The third-order valence-electron chi connectivity index (χ3n) is 3.19. The summed E-state index contributed by atoms with van der Waals surface area (Å²) in [5, 5.41) is 2.86. The van der Waals surface area contributed by atoms with Gasteiger partial charge in [0.25, 0.3) is 0 Å². The zero-order chi connectivity index (χ0) is 12.5. The zero-order valence-electron chi connectivity index (χ0n) is 10.1. The minimum Gasteiger partial charge on any atom is -0.379 e. The molecule has 3 N–H and O–H groups in total. The molecule has 5 nitrogen and oxygen atoms in total. The molecule has 2 rings (SSSR count). The fourth-order valence-electron chi connectivity index (χ4n) is 1.82. The minimum absolute atomic E-state index is 0.104. The molecule has 0 bridgehead atoms. The Morgan fingerprint density at radius 2 is 2.47 bits per heavy atom. The summed E-state index contributed by atoms with van der Waals surface area (Å²) in [6, 6.07) is 3.32.